The van der Waals surface area contributed by atoms with Crippen LogP contribution >= 0.6 is 0 Å². The van der Waals surface area contributed by atoms with Crippen molar-refractivity contribution in [2.24, 2.45) is 0 Å². The van der Waals surface area contributed by atoms with E-state index in [1.807, 2.05) is 4.81 Å². The number of nitrogens with zero attached hydrogens (tertiary/aromatic N) is 1. The molecule has 11 heavy (non-hydrogen) atoms. The van der Waals surface area contributed by atoms with Crippen LogP contribution in [0.1, 0.15) is 0 Å². The predicted octanol–water partition coefficient (Wildman–Crippen LogP) is -1.11. The topological polar surface area (TPSA) is 61.2 Å². The summed E-state index contributed by atoms with van der Waals surface area (Å²) in [5.74, 6) is 0.835. The summed E-state index contributed by atoms with van der Waals surface area (Å²) in [6, 6.07) is 0. The Morgan fingerprint density at radius 1 is 1.45 bits per heavy atom. The van der Waals surface area contributed by atoms with Crippen molar-refractivity contribution >= 4 is 23.3 Å². The maximum atomic E-state index is 11.1. The lowest BCUT2D eigenvalue weighted by Gasteiger charge is -2.25. The molecule has 0 radical (unpaired) electrons. The molecule has 1 aliphatic rings. The highest BCUT2D eigenvalue weighted by atomic mass is 32.2. The zero-order valence-electron chi connectivity index (χ0n) is 6.28. The van der Waals surface area contributed by atoms with E-state index in [0.717, 1.165) is 6.19 Å². The number of hydrogen-bond acceptors (Lipinski definition) is 4. The maximum absolute atomic E-state index is 11.1. The molecule has 0 aromatic rings. The lowest BCUT2D eigenvalue weighted by molar-refractivity contribution is 0.480. The fraction of sp³-hybridized carbons (Fsp3) is 0.800. The Labute approximate surface area is 67.2 Å². The third kappa shape index (κ3) is 2.63. The lowest BCUT2D eigenvalue weighted by Crippen LogP contribution is -2.42. The van der Waals surface area contributed by atoms with Crippen LogP contribution in [0.2, 0.25) is 0 Å². The zero-order chi connectivity index (χ0) is 8.32. The molecule has 1 fully saturated rings. The van der Waals surface area contributed by atoms with Gasteiger partial charge in [0.15, 0.2) is 0 Å². The Balaban J connectivity index is 2.42. The van der Waals surface area contributed by atoms with E-state index < -0.39 is 9.73 Å². The van der Waals surface area contributed by atoms with Gasteiger partial charge in [-0.1, -0.05) is 0 Å². The van der Waals surface area contributed by atoms with Gasteiger partial charge in [0.25, 0.3) is 7.41 Å². The average molecular weight is 174 g/mol. The van der Waals surface area contributed by atoms with Gasteiger partial charge in [0.1, 0.15) is 0 Å². The van der Waals surface area contributed by atoms with Gasteiger partial charge < -0.3 is 9.61 Å². The van der Waals surface area contributed by atoms with E-state index in [4.69, 9.17) is 4.78 Å². The van der Waals surface area contributed by atoms with E-state index in [0.29, 0.717) is 32.0 Å². The van der Waals surface area contributed by atoms with Crippen molar-refractivity contribution < 1.29 is 9.00 Å². The molecule has 4 nitrogen and oxygen atoms in total. The second-order valence-electron chi connectivity index (χ2n) is 2.69. The third-order valence-corrected chi connectivity index (χ3v) is 3.49. The van der Waals surface area contributed by atoms with E-state index in [1.165, 1.54) is 0 Å². The van der Waals surface area contributed by atoms with Crippen LogP contribution in [0.15, 0.2) is 0 Å². The number of carbonyl (C=O) groups excluding carboxylic acids is 1. The van der Waals surface area contributed by atoms with Crippen LogP contribution in [0.25, 0.3) is 0 Å². The minimum atomic E-state index is -2.29. The number of rotatable bonds is 2. The normalized spacial score (nSPS) is 24.4. The summed E-state index contributed by atoms with van der Waals surface area (Å²) in [7, 11) is -1.88. The molecule has 0 amide bonds. The Bertz CT molecular complexity index is 225. The van der Waals surface area contributed by atoms with Gasteiger partial charge in [-0.2, -0.15) is 0 Å². The standard InChI is InChI=1S/C5H11BN2O2S/c7-11(10)3-1-8(2-4-11)6-5-9/h5-7H,1-4H2. The first-order valence-electron chi connectivity index (χ1n) is 3.54. The summed E-state index contributed by atoms with van der Waals surface area (Å²) in [6.45, 7) is 1.25. The van der Waals surface area contributed by atoms with Crippen LogP contribution in [-0.4, -0.2) is 47.2 Å². The summed E-state index contributed by atoms with van der Waals surface area (Å²) in [4.78, 5) is 12.0. The van der Waals surface area contributed by atoms with Gasteiger partial charge in [-0.3, -0.25) is 4.78 Å². The van der Waals surface area contributed by atoms with E-state index in [-0.39, 0.29) is 0 Å². The van der Waals surface area contributed by atoms with Crippen LogP contribution in [0.5, 0.6) is 0 Å². The minimum Gasteiger partial charge on any atom is -0.337 e. The van der Waals surface area contributed by atoms with Crippen molar-refractivity contribution in [2.45, 2.75) is 0 Å². The molecule has 62 valence electrons. The highest BCUT2D eigenvalue weighted by molar-refractivity contribution is 7.92. The van der Waals surface area contributed by atoms with Crippen molar-refractivity contribution in [1.29, 1.82) is 4.78 Å². The molecule has 0 aromatic heterocycles. The molecule has 0 saturated carbocycles. The molecule has 0 unspecified atom stereocenters. The molecule has 1 N–H and O–H groups in total. The van der Waals surface area contributed by atoms with E-state index in [9.17, 15) is 9.00 Å². The van der Waals surface area contributed by atoms with Gasteiger partial charge in [0.05, 0.1) is 6.19 Å². The average Bonchev–Trinajstić information content (AvgIpc) is 1.94. The molecule has 0 atom stereocenters. The van der Waals surface area contributed by atoms with Crippen molar-refractivity contribution in [3.05, 3.63) is 0 Å². The SMILES string of the molecule is N=S1(=O)CCN(BC=O)CC1. The first kappa shape index (κ1) is 8.74. The molecule has 0 spiro atoms. The molecule has 1 saturated heterocycles. The molecular weight excluding hydrogens is 163 g/mol. The van der Waals surface area contributed by atoms with Crippen molar-refractivity contribution in [3.8, 4) is 0 Å². The Kier molecular flexibility index (Phi) is 2.67. The van der Waals surface area contributed by atoms with E-state index >= 15 is 0 Å². The number of nitrogens with one attached hydrogen (secondary N) is 1. The highest BCUT2D eigenvalue weighted by Gasteiger charge is 2.18. The maximum Gasteiger partial charge on any atom is 0.281 e. The Morgan fingerprint density at radius 3 is 2.45 bits per heavy atom. The summed E-state index contributed by atoms with van der Waals surface area (Å²) < 4.78 is 18.4. The second kappa shape index (κ2) is 3.36. The lowest BCUT2D eigenvalue weighted by atomic mass is 9.95. The Morgan fingerprint density at radius 2 is 2.00 bits per heavy atom. The van der Waals surface area contributed by atoms with E-state index in [2.05, 4.69) is 0 Å². The fourth-order valence-corrected chi connectivity index (χ4v) is 2.37. The van der Waals surface area contributed by atoms with Crippen molar-refractivity contribution in [3.63, 3.8) is 0 Å². The monoisotopic (exact) mass is 174 g/mol. The van der Waals surface area contributed by atoms with Crippen LogP contribution in [0.3, 0.4) is 0 Å². The first-order valence-corrected chi connectivity index (χ1v) is 5.44. The first-order chi connectivity index (χ1) is 5.14. The van der Waals surface area contributed by atoms with Crippen LogP contribution in [0, 0.1) is 4.78 Å². The highest BCUT2D eigenvalue weighted by Crippen LogP contribution is 2.01. The smallest absolute Gasteiger partial charge is 0.281 e. The predicted molar refractivity (Wildman–Crippen MR) is 46.1 cm³/mol. The summed E-state index contributed by atoms with van der Waals surface area (Å²) in [6.07, 6.45) is 0.844. The number of hydrogen-bond donors (Lipinski definition) is 1. The van der Waals surface area contributed by atoms with Crippen LogP contribution < -0.4 is 0 Å². The van der Waals surface area contributed by atoms with Gasteiger partial charge in [-0.05, 0) is 13.1 Å². The van der Waals surface area contributed by atoms with Gasteiger partial charge in [0, 0.05) is 21.2 Å². The van der Waals surface area contributed by atoms with Crippen molar-refractivity contribution in [2.75, 3.05) is 24.6 Å². The van der Waals surface area contributed by atoms with Gasteiger partial charge in [-0.15, -0.1) is 0 Å². The molecule has 1 rings (SSSR count). The number of carbonyl (C=O) groups is 1. The Hall–Kier alpha value is -0.355. The third-order valence-electron chi connectivity index (χ3n) is 1.81. The quantitative estimate of drug-likeness (QED) is 0.426. The van der Waals surface area contributed by atoms with Crippen molar-refractivity contribution in [1.82, 2.24) is 4.81 Å². The molecule has 0 aromatic carbocycles. The van der Waals surface area contributed by atoms with E-state index in [1.54, 1.807) is 0 Å². The fourth-order valence-electron chi connectivity index (χ4n) is 1.05. The van der Waals surface area contributed by atoms with Gasteiger partial charge >= 0.3 is 0 Å². The summed E-state index contributed by atoms with van der Waals surface area (Å²) in [5, 5.41) is 0. The molecule has 6 heteroatoms. The molecule has 0 bridgehead atoms. The summed E-state index contributed by atoms with van der Waals surface area (Å²) >= 11 is 0. The summed E-state index contributed by atoms with van der Waals surface area (Å²) in [5.41, 5.74) is 0. The molecule has 1 aliphatic heterocycles. The largest absolute Gasteiger partial charge is 0.337 e. The molecule has 0 aliphatic carbocycles. The second-order valence-corrected chi connectivity index (χ2v) is 5.13. The molecular formula is C5H11BN2O2S. The van der Waals surface area contributed by atoms with Crippen LogP contribution in [0.4, 0.5) is 0 Å². The minimum absolute atomic E-state index is 0.412. The molecule has 1 heterocycles. The zero-order valence-corrected chi connectivity index (χ0v) is 7.10. The van der Waals surface area contributed by atoms with Gasteiger partial charge in [-0.25, -0.2) is 4.21 Å². The van der Waals surface area contributed by atoms with Crippen LogP contribution in [-0.2, 0) is 14.5 Å². The van der Waals surface area contributed by atoms with Gasteiger partial charge in [0.2, 0.25) is 0 Å².